The number of hydrogen-bond donors (Lipinski definition) is 2. The summed E-state index contributed by atoms with van der Waals surface area (Å²) in [6, 6.07) is 4.08. The molecule has 3 heterocycles. The maximum atomic E-state index is 8.82. The standard InChI is InChI=1S/C20H26N4O3/c1-12-22-18(14-5-7-27-11-14)19(23-12)20(21)24-6-4-13-8-16(25-2)17(26-3)9-15(13)10-24/h8-9,14,21H,4-7,10-11H2,1-3H3,(H,22,23). The van der Waals surface area contributed by atoms with Crippen molar-refractivity contribution in [2.24, 2.45) is 0 Å². The zero-order valence-corrected chi connectivity index (χ0v) is 16.1. The molecule has 0 radical (unpaired) electrons. The van der Waals surface area contributed by atoms with Crippen LogP contribution in [0.2, 0.25) is 0 Å². The lowest BCUT2D eigenvalue weighted by molar-refractivity contribution is 0.193. The van der Waals surface area contributed by atoms with Crippen molar-refractivity contribution in [3.8, 4) is 11.5 Å². The zero-order valence-electron chi connectivity index (χ0n) is 16.1. The second-order valence-electron chi connectivity index (χ2n) is 7.14. The second kappa shape index (κ2) is 7.23. The molecule has 1 aromatic heterocycles. The van der Waals surface area contributed by atoms with Crippen LogP contribution < -0.4 is 9.47 Å². The second-order valence-corrected chi connectivity index (χ2v) is 7.14. The molecular weight excluding hydrogens is 344 g/mol. The van der Waals surface area contributed by atoms with Crippen LogP contribution >= 0.6 is 0 Å². The minimum Gasteiger partial charge on any atom is -0.493 e. The van der Waals surface area contributed by atoms with E-state index in [2.05, 4.69) is 20.9 Å². The molecule has 2 aliphatic heterocycles. The number of benzene rings is 1. The highest BCUT2D eigenvalue weighted by Crippen LogP contribution is 2.34. The number of ether oxygens (including phenoxy) is 3. The molecular formula is C20H26N4O3. The van der Waals surface area contributed by atoms with Gasteiger partial charge in [0.1, 0.15) is 17.4 Å². The number of fused-ring (bicyclic) bond motifs is 1. The molecule has 4 rings (SSSR count). The van der Waals surface area contributed by atoms with Crippen molar-refractivity contribution in [1.82, 2.24) is 14.9 Å². The SMILES string of the molecule is COc1cc2c(cc1OC)CN(C(=N)c1[nH]c(C)nc1C1CCOC1)CC2. The van der Waals surface area contributed by atoms with Crippen LogP contribution in [0.4, 0.5) is 0 Å². The lowest BCUT2D eigenvalue weighted by atomic mass is 9.97. The molecule has 0 saturated carbocycles. The van der Waals surface area contributed by atoms with Crippen molar-refractivity contribution in [1.29, 1.82) is 5.41 Å². The monoisotopic (exact) mass is 370 g/mol. The average molecular weight is 370 g/mol. The third-order valence-electron chi connectivity index (χ3n) is 5.44. The Labute approximate surface area is 159 Å². The van der Waals surface area contributed by atoms with Crippen molar-refractivity contribution >= 4 is 5.84 Å². The predicted octanol–water partition coefficient (Wildman–Crippen LogP) is 2.62. The fourth-order valence-corrected chi connectivity index (χ4v) is 3.97. The molecule has 1 atom stereocenters. The molecule has 2 aliphatic rings. The lowest BCUT2D eigenvalue weighted by Gasteiger charge is -2.31. The van der Waals surface area contributed by atoms with Gasteiger partial charge in [0.25, 0.3) is 0 Å². The first-order valence-electron chi connectivity index (χ1n) is 9.32. The summed E-state index contributed by atoms with van der Waals surface area (Å²) in [5, 5.41) is 8.82. The van der Waals surface area contributed by atoms with Gasteiger partial charge in [-0.05, 0) is 43.0 Å². The van der Waals surface area contributed by atoms with Gasteiger partial charge in [-0.1, -0.05) is 0 Å². The molecule has 0 amide bonds. The molecule has 144 valence electrons. The highest BCUT2D eigenvalue weighted by molar-refractivity contribution is 5.96. The van der Waals surface area contributed by atoms with E-state index in [1.807, 2.05) is 13.0 Å². The van der Waals surface area contributed by atoms with E-state index >= 15 is 0 Å². The van der Waals surface area contributed by atoms with Gasteiger partial charge in [0, 0.05) is 25.6 Å². The molecule has 1 saturated heterocycles. The van der Waals surface area contributed by atoms with E-state index < -0.39 is 0 Å². The number of nitrogens with zero attached hydrogens (tertiary/aromatic N) is 2. The smallest absolute Gasteiger partial charge is 0.161 e. The topological polar surface area (TPSA) is 83.5 Å². The van der Waals surface area contributed by atoms with Crippen molar-refractivity contribution in [3.05, 3.63) is 40.5 Å². The summed E-state index contributed by atoms with van der Waals surface area (Å²) in [7, 11) is 3.31. The quantitative estimate of drug-likeness (QED) is 0.638. The Morgan fingerprint density at radius 1 is 1.26 bits per heavy atom. The van der Waals surface area contributed by atoms with Gasteiger partial charge >= 0.3 is 0 Å². The number of amidine groups is 1. The first kappa shape index (κ1) is 17.9. The summed E-state index contributed by atoms with van der Waals surface area (Å²) >= 11 is 0. The maximum Gasteiger partial charge on any atom is 0.161 e. The van der Waals surface area contributed by atoms with E-state index in [1.165, 1.54) is 11.1 Å². The predicted molar refractivity (Wildman–Crippen MR) is 102 cm³/mol. The van der Waals surface area contributed by atoms with Crippen LogP contribution in [-0.4, -0.2) is 54.7 Å². The van der Waals surface area contributed by atoms with E-state index in [4.69, 9.17) is 19.6 Å². The average Bonchev–Trinajstić information content (AvgIpc) is 3.35. The molecule has 0 spiro atoms. The van der Waals surface area contributed by atoms with Crippen LogP contribution in [0.5, 0.6) is 11.5 Å². The largest absolute Gasteiger partial charge is 0.493 e. The number of hydrogen-bond acceptors (Lipinski definition) is 5. The Morgan fingerprint density at radius 3 is 2.67 bits per heavy atom. The third-order valence-corrected chi connectivity index (χ3v) is 5.44. The maximum absolute atomic E-state index is 8.82. The van der Waals surface area contributed by atoms with Crippen LogP contribution in [-0.2, 0) is 17.7 Å². The molecule has 0 bridgehead atoms. The van der Waals surface area contributed by atoms with Crippen LogP contribution in [0.3, 0.4) is 0 Å². The van der Waals surface area contributed by atoms with Crippen LogP contribution in [0.15, 0.2) is 12.1 Å². The van der Waals surface area contributed by atoms with Gasteiger partial charge in [0.05, 0.1) is 26.5 Å². The van der Waals surface area contributed by atoms with Crippen LogP contribution in [0, 0.1) is 12.3 Å². The van der Waals surface area contributed by atoms with Crippen LogP contribution in [0.1, 0.15) is 40.7 Å². The minimum atomic E-state index is 0.270. The number of rotatable bonds is 4. The Balaban J connectivity index is 1.60. The van der Waals surface area contributed by atoms with E-state index in [0.29, 0.717) is 19.0 Å². The number of nitrogens with one attached hydrogen (secondary N) is 2. The number of aromatic nitrogens is 2. The molecule has 2 aromatic rings. The third kappa shape index (κ3) is 3.27. The van der Waals surface area contributed by atoms with Crippen molar-refractivity contribution in [2.75, 3.05) is 34.0 Å². The summed E-state index contributed by atoms with van der Waals surface area (Å²) in [6.07, 6.45) is 1.83. The van der Waals surface area contributed by atoms with Crippen molar-refractivity contribution in [3.63, 3.8) is 0 Å². The molecule has 1 aromatic carbocycles. The van der Waals surface area contributed by atoms with E-state index in [-0.39, 0.29) is 5.92 Å². The summed E-state index contributed by atoms with van der Waals surface area (Å²) < 4.78 is 16.4. The lowest BCUT2D eigenvalue weighted by Crippen LogP contribution is -2.36. The van der Waals surface area contributed by atoms with E-state index in [1.54, 1.807) is 14.2 Å². The number of aryl methyl sites for hydroxylation is 1. The molecule has 7 heteroatoms. The van der Waals surface area contributed by atoms with Crippen molar-refractivity contribution < 1.29 is 14.2 Å². The summed E-state index contributed by atoms with van der Waals surface area (Å²) in [6.45, 7) is 4.86. The normalized spacial score (nSPS) is 19.1. The number of methoxy groups -OCH3 is 2. The van der Waals surface area contributed by atoms with Gasteiger partial charge in [-0.2, -0.15) is 0 Å². The highest BCUT2D eigenvalue weighted by atomic mass is 16.5. The Kier molecular flexibility index (Phi) is 4.78. The number of imidazole rings is 1. The van der Waals surface area contributed by atoms with Crippen molar-refractivity contribution in [2.45, 2.75) is 32.2 Å². The van der Waals surface area contributed by atoms with Gasteiger partial charge in [0.2, 0.25) is 0 Å². The van der Waals surface area contributed by atoms with E-state index in [9.17, 15) is 0 Å². The van der Waals surface area contributed by atoms with Gasteiger partial charge < -0.3 is 24.1 Å². The minimum absolute atomic E-state index is 0.270. The summed E-state index contributed by atoms with van der Waals surface area (Å²) in [5.74, 6) is 3.10. The number of aromatic amines is 1. The molecule has 27 heavy (non-hydrogen) atoms. The van der Waals surface area contributed by atoms with Gasteiger partial charge in [0.15, 0.2) is 11.5 Å². The Bertz CT molecular complexity index is 855. The molecule has 1 fully saturated rings. The fourth-order valence-electron chi connectivity index (χ4n) is 3.97. The molecule has 7 nitrogen and oxygen atoms in total. The molecule has 2 N–H and O–H groups in total. The van der Waals surface area contributed by atoms with Gasteiger partial charge in [-0.15, -0.1) is 0 Å². The Hall–Kier alpha value is -2.54. The summed E-state index contributed by atoms with van der Waals surface area (Å²) in [5.41, 5.74) is 4.22. The molecule has 1 unspecified atom stereocenters. The number of H-pyrrole nitrogens is 1. The first-order valence-corrected chi connectivity index (χ1v) is 9.32. The highest BCUT2D eigenvalue weighted by Gasteiger charge is 2.29. The summed E-state index contributed by atoms with van der Waals surface area (Å²) in [4.78, 5) is 10.1. The van der Waals surface area contributed by atoms with Gasteiger partial charge in [-0.3, -0.25) is 5.41 Å². The zero-order chi connectivity index (χ0) is 19.0. The fraction of sp³-hybridized carbons (Fsp3) is 0.500. The molecule has 0 aliphatic carbocycles. The van der Waals surface area contributed by atoms with Gasteiger partial charge in [-0.25, -0.2) is 4.98 Å². The van der Waals surface area contributed by atoms with E-state index in [0.717, 1.165) is 54.7 Å². The first-order chi connectivity index (χ1) is 13.1. The Morgan fingerprint density at radius 2 is 2.00 bits per heavy atom. The van der Waals surface area contributed by atoms with Crippen LogP contribution in [0.25, 0.3) is 0 Å².